The predicted octanol–water partition coefficient (Wildman–Crippen LogP) is 7.93. The number of hydrogen-bond donors (Lipinski definition) is 1. The molecule has 2 aliphatic carbocycles. The zero-order valence-electron chi connectivity index (χ0n) is 24.6. The lowest BCUT2D eigenvalue weighted by Crippen LogP contribution is -2.22. The lowest BCUT2D eigenvalue weighted by atomic mass is 9.97. The molecule has 7 nitrogen and oxygen atoms in total. The van der Waals surface area contributed by atoms with Gasteiger partial charge in [-0.3, -0.25) is 9.59 Å². The summed E-state index contributed by atoms with van der Waals surface area (Å²) in [5.41, 5.74) is 12.3. The van der Waals surface area contributed by atoms with E-state index in [9.17, 15) is 41.2 Å². The van der Waals surface area contributed by atoms with Gasteiger partial charge >= 0.3 is 12.4 Å². The van der Waals surface area contributed by atoms with E-state index in [1.807, 2.05) is 0 Å². The number of hydrogen-bond acceptors (Lipinski definition) is 7. The number of nitriles is 1. The molecular weight excluding hydrogens is 648 g/mol. The monoisotopic (exact) mass is 665 g/mol. The number of carbonyl (C=O) groups excluding carboxylic acids is 2. The number of aliphatic imine (C=N–C) groups is 1. The van der Waals surface area contributed by atoms with Gasteiger partial charge in [-0.2, -0.15) is 36.6 Å². The lowest BCUT2D eigenvalue weighted by Gasteiger charge is -2.08. The van der Waals surface area contributed by atoms with Gasteiger partial charge in [-0.15, -0.1) is 0 Å². The van der Waals surface area contributed by atoms with Crippen LogP contribution < -0.4 is 5.73 Å². The number of halogens is 6. The molecule has 0 spiro atoms. The highest BCUT2D eigenvalue weighted by atomic mass is 19.4. The molecule has 2 aliphatic rings. The van der Waals surface area contributed by atoms with Crippen molar-refractivity contribution in [1.82, 2.24) is 9.97 Å². The molecule has 0 saturated carbocycles. The molecule has 240 valence electrons. The van der Waals surface area contributed by atoms with Gasteiger partial charge in [0.25, 0.3) is 11.6 Å². The van der Waals surface area contributed by atoms with Crippen LogP contribution in [-0.2, 0) is 0 Å². The van der Waals surface area contributed by atoms with Gasteiger partial charge in [0.05, 0.1) is 17.1 Å². The van der Waals surface area contributed by atoms with E-state index in [1.54, 1.807) is 42.6 Å². The van der Waals surface area contributed by atoms with Crippen LogP contribution in [0.2, 0.25) is 0 Å². The van der Waals surface area contributed by atoms with Crippen molar-refractivity contribution in [2.75, 3.05) is 0 Å². The van der Waals surface area contributed by atoms with E-state index in [0.29, 0.717) is 72.9 Å². The van der Waals surface area contributed by atoms with E-state index in [4.69, 9.17) is 15.7 Å². The predicted molar refractivity (Wildman–Crippen MR) is 167 cm³/mol. The average molecular weight is 666 g/mol. The molecule has 0 unspecified atom stereocenters. The smallest absolute Gasteiger partial charge is 0.404 e. The quantitative estimate of drug-likeness (QED) is 0.116. The summed E-state index contributed by atoms with van der Waals surface area (Å²) < 4.78 is 77.2. The first-order chi connectivity index (χ1) is 23.3. The van der Waals surface area contributed by atoms with Crippen molar-refractivity contribution in [2.24, 2.45) is 10.7 Å². The molecule has 49 heavy (non-hydrogen) atoms. The number of rotatable bonds is 4. The van der Waals surface area contributed by atoms with Crippen LogP contribution in [0.3, 0.4) is 0 Å². The van der Waals surface area contributed by atoms with Gasteiger partial charge in [-0.1, -0.05) is 72.8 Å². The Hall–Kier alpha value is -6.42. The molecule has 0 bridgehead atoms. The fourth-order valence-electron chi connectivity index (χ4n) is 5.99. The zero-order valence-corrected chi connectivity index (χ0v) is 24.6. The highest BCUT2D eigenvalue weighted by Crippen LogP contribution is 2.47. The number of alkyl halides is 6. The summed E-state index contributed by atoms with van der Waals surface area (Å²) in [5.74, 6) is -3.88. The Bertz CT molecular complexity index is 2350. The molecular formula is C36H17F6N5O2. The summed E-state index contributed by atoms with van der Waals surface area (Å²) in [6.07, 6.45) is -6.81. The van der Waals surface area contributed by atoms with Crippen molar-refractivity contribution in [3.63, 3.8) is 0 Å². The van der Waals surface area contributed by atoms with E-state index >= 15 is 0 Å². The molecule has 1 aromatic heterocycles. The number of aromatic nitrogens is 2. The van der Waals surface area contributed by atoms with Crippen LogP contribution in [0.4, 0.5) is 26.3 Å². The van der Waals surface area contributed by atoms with E-state index in [-0.39, 0.29) is 5.71 Å². The molecule has 5 aromatic rings. The Morgan fingerprint density at radius 3 is 1.51 bits per heavy atom. The summed E-state index contributed by atoms with van der Waals surface area (Å²) in [5, 5.41) is 9.56. The van der Waals surface area contributed by atoms with Crippen molar-refractivity contribution < 1.29 is 35.9 Å². The van der Waals surface area contributed by atoms with Crippen molar-refractivity contribution in [2.45, 2.75) is 12.4 Å². The Morgan fingerprint density at radius 2 is 1.04 bits per heavy atom. The molecule has 0 fully saturated rings. The van der Waals surface area contributed by atoms with Crippen LogP contribution >= 0.6 is 0 Å². The first-order valence-corrected chi connectivity index (χ1v) is 14.3. The maximum atomic E-state index is 12.9. The number of nitrogens with zero attached hydrogens (tertiary/aromatic N) is 4. The second-order valence-electron chi connectivity index (χ2n) is 11.1. The fourth-order valence-corrected chi connectivity index (χ4v) is 5.99. The van der Waals surface area contributed by atoms with Crippen molar-refractivity contribution in [3.8, 4) is 51.0 Å². The number of ketones is 2. The second-order valence-corrected chi connectivity index (χ2v) is 11.1. The summed E-state index contributed by atoms with van der Waals surface area (Å²) in [6.45, 7) is 0. The third-order valence-electron chi connectivity index (χ3n) is 8.27. The average Bonchev–Trinajstić information content (AvgIpc) is 3.56. The zero-order chi connectivity index (χ0) is 34.8. The van der Waals surface area contributed by atoms with E-state index in [1.165, 1.54) is 30.5 Å². The molecule has 0 radical (unpaired) electrons. The van der Waals surface area contributed by atoms with Crippen LogP contribution in [0.5, 0.6) is 0 Å². The van der Waals surface area contributed by atoms with Gasteiger partial charge in [0.2, 0.25) is 6.19 Å². The SMILES string of the molecule is N#CN=C1c2cc(-c3ccc(C(=O)C(F)(F)F)cc3)ccc2-c2nc3c(nc21)-c1ccc(-c2ccc(C(=O)C(F)(F)F)cc2)cc1/C3=C\N. The van der Waals surface area contributed by atoms with E-state index < -0.39 is 35.0 Å². The highest BCUT2D eigenvalue weighted by molar-refractivity contribution is 6.24. The van der Waals surface area contributed by atoms with Crippen molar-refractivity contribution >= 4 is 22.9 Å². The number of fused-ring (bicyclic) bond motifs is 6. The van der Waals surface area contributed by atoms with Gasteiger partial charge in [0.15, 0.2) is 0 Å². The summed E-state index contributed by atoms with van der Waals surface area (Å²) in [7, 11) is 0. The van der Waals surface area contributed by atoms with Gasteiger partial charge < -0.3 is 5.73 Å². The summed E-state index contributed by atoms with van der Waals surface area (Å²) >= 11 is 0. The molecule has 4 aromatic carbocycles. The molecule has 0 atom stereocenters. The van der Waals surface area contributed by atoms with Crippen molar-refractivity contribution in [1.29, 1.82) is 5.26 Å². The van der Waals surface area contributed by atoms with Gasteiger partial charge in [0, 0.05) is 39.6 Å². The molecule has 2 N–H and O–H groups in total. The topological polar surface area (TPSA) is 122 Å². The summed E-state index contributed by atoms with van der Waals surface area (Å²) in [6, 6.07) is 20.5. The first kappa shape index (κ1) is 31.2. The highest BCUT2D eigenvalue weighted by Gasteiger charge is 2.40. The standard InChI is InChI=1S/C36H17F6N5O2/c37-35(38,39)33(48)19-5-1-17(2-6-19)21-9-11-23-25(13-21)27(15-43)31-29(23)47-32-28(45-16-44)26-14-22(10-12-24(26)30(32)46-31)18-3-7-20(8-4-18)34(49)36(40,41)42/h1-15H,43H2/b27-15+,45-28?. The minimum Gasteiger partial charge on any atom is -0.404 e. The molecule has 7 rings (SSSR count). The lowest BCUT2D eigenvalue weighted by molar-refractivity contribution is -0.0888. The van der Waals surface area contributed by atoms with Crippen LogP contribution in [0.1, 0.15) is 43.2 Å². The minimum atomic E-state index is -5.00. The second kappa shape index (κ2) is 11.1. The molecule has 0 saturated heterocycles. The fraction of sp³-hybridized carbons (Fsp3) is 0.0556. The Kier molecular flexibility index (Phi) is 7.06. The van der Waals surface area contributed by atoms with E-state index in [0.717, 1.165) is 24.3 Å². The van der Waals surface area contributed by atoms with Crippen molar-refractivity contribution in [3.05, 3.63) is 125 Å². The number of benzene rings is 4. The largest absolute Gasteiger partial charge is 0.454 e. The Labute approximate surface area is 272 Å². The van der Waals surface area contributed by atoms with Crippen LogP contribution in [0.25, 0.3) is 50.3 Å². The third-order valence-corrected chi connectivity index (χ3v) is 8.27. The molecule has 1 heterocycles. The first-order valence-electron chi connectivity index (χ1n) is 14.3. The Morgan fingerprint density at radius 1 is 0.612 bits per heavy atom. The van der Waals surface area contributed by atoms with E-state index in [2.05, 4.69) is 4.99 Å². The van der Waals surface area contributed by atoms with Crippen LogP contribution in [-0.4, -0.2) is 39.6 Å². The van der Waals surface area contributed by atoms with Gasteiger partial charge in [-0.05, 0) is 39.9 Å². The molecule has 0 aliphatic heterocycles. The molecule has 0 amide bonds. The number of Topliss-reactive ketones (excluding diaryl/α,β-unsaturated/α-hetero) is 2. The maximum Gasteiger partial charge on any atom is 0.454 e. The van der Waals surface area contributed by atoms with Crippen LogP contribution in [0, 0.1) is 11.5 Å². The van der Waals surface area contributed by atoms with Crippen LogP contribution in [0.15, 0.2) is 96.1 Å². The Balaban J connectivity index is 1.25. The number of carbonyl (C=O) groups is 2. The molecule has 13 heteroatoms. The maximum absolute atomic E-state index is 12.9. The normalized spacial score (nSPS) is 14.6. The summed E-state index contributed by atoms with van der Waals surface area (Å²) in [4.78, 5) is 37.0. The third kappa shape index (κ3) is 5.14. The number of nitrogens with two attached hydrogens (primary N) is 1. The van der Waals surface area contributed by atoms with Gasteiger partial charge in [-0.25, -0.2) is 9.97 Å². The van der Waals surface area contributed by atoms with Gasteiger partial charge in [0.1, 0.15) is 11.4 Å². The minimum absolute atomic E-state index is 0.241.